The fraction of sp³-hybridized carbons (Fsp3) is 0.259. The highest BCUT2D eigenvalue weighted by Gasteiger charge is 2.20. The Kier molecular flexibility index (Phi) is 9.21. The van der Waals surface area contributed by atoms with E-state index in [1.165, 1.54) is 49.6 Å². The molecule has 0 spiro atoms. The highest BCUT2D eigenvalue weighted by Crippen LogP contribution is 2.28. The third kappa shape index (κ3) is 6.29. The molecule has 3 aromatic carbocycles. The topological polar surface area (TPSA) is 85.9 Å². The average Bonchev–Trinajstić information content (AvgIpc) is 2.89. The molecule has 0 radical (unpaired) electrons. The number of hydrogen-bond donors (Lipinski definition) is 2. The molecule has 0 aliphatic rings. The molecule has 9 heteroatoms. The Morgan fingerprint density at radius 2 is 1.28 bits per heavy atom. The molecule has 36 heavy (non-hydrogen) atoms. The van der Waals surface area contributed by atoms with Gasteiger partial charge in [0.1, 0.15) is 5.75 Å². The molecule has 0 fully saturated rings. The van der Waals surface area contributed by atoms with Crippen molar-refractivity contribution in [3.63, 3.8) is 0 Å². The normalized spacial score (nSPS) is 10.5. The standard InChI is InChI=1S/C27H28F2N2O5/c1-4-14-35-22-10-6-8-19(24(22)28)30-26(32)17-12-13-21(34-3)18(16-17)27(33)31-20-9-7-11-23(25(20)29)36-15-5-2/h6-13,16H,4-5,14-15H2,1-3H3,(H,30,32)(H,31,33). The highest BCUT2D eigenvalue weighted by molar-refractivity contribution is 6.10. The van der Waals surface area contributed by atoms with E-state index in [4.69, 9.17) is 14.2 Å². The summed E-state index contributed by atoms with van der Waals surface area (Å²) in [5.41, 5.74) is -0.0940. The lowest BCUT2D eigenvalue weighted by Crippen LogP contribution is -2.18. The van der Waals surface area contributed by atoms with E-state index in [0.717, 1.165) is 0 Å². The minimum absolute atomic E-state index is 0.00932. The fourth-order valence-electron chi connectivity index (χ4n) is 3.27. The van der Waals surface area contributed by atoms with Crippen molar-refractivity contribution in [3.8, 4) is 17.2 Å². The molecule has 0 bridgehead atoms. The largest absolute Gasteiger partial charge is 0.496 e. The number of nitrogens with one attached hydrogen (secondary N) is 2. The number of carbonyl (C=O) groups is 2. The van der Waals surface area contributed by atoms with Gasteiger partial charge in [0.05, 0.1) is 37.3 Å². The van der Waals surface area contributed by atoms with Crippen LogP contribution in [0.15, 0.2) is 54.6 Å². The molecule has 0 aliphatic carbocycles. The zero-order valence-electron chi connectivity index (χ0n) is 20.3. The fourth-order valence-corrected chi connectivity index (χ4v) is 3.27. The summed E-state index contributed by atoms with van der Waals surface area (Å²) in [6.07, 6.45) is 1.40. The summed E-state index contributed by atoms with van der Waals surface area (Å²) in [4.78, 5) is 25.9. The summed E-state index contributed by atoms with van der Waals surface area (Å²) in [7, 11) is 1.36. The maximum atomic E-state index is 14.8. The van der Waals surface area contributed by atoms with Crippen molar-refractivity contribution >= 4 is 23.2 Å². The van der Waals surface area contributed by atoms with Crippen LogP contribution in [0.1, 0.15) is 47.4 Å². The molecular formula is C27H28F2N2O5. The Balaban J connectivity index is 1.83. The number of rotatable bonds is 11. The van der Waals surface area contributed by atoms with Gasteiger partial charge < -0.3 is 24.8 Å². The Labute approximate surface area is 208 Å². The van der Waals surface area contributed by atoms with Gasteiger partial charge in [-0.15, -0.1) is 0 Å². The molecule has 0 saturated heterocycles. The minimum Gasteiger partial charge on any atom is -0.496 e. The van der Waals surface area contributed by atoms with Crippen LogP contribution in [0.2, 0.25) is 0 Å². The predicted octanol–water partition coefficient (Wildman–Crippen LogP) is 6.06. The Bertz CT molecular complexity index is 1230. The molecule has 2 amide bonds. The van der Waals surface area contributed by atoms with Crippen LogP contribution in [0, 0.1) is 11.6 Å². The van der Waals surface area contributed by atoms with Crippen LogP contribution >= 0.6 is 0 Å². The van der Waals surface area contributed by atoms with Crippen LogP contribution in [-0.2, 0) is 0 Å². The number of amides is 2. The monoisotopic (exact) mass is 498 g/mol. The highest BCUT2D eigenvalue weighted by atomic mass is 19.1. The van der Waals surface area contributed by atoms with E-state index in [2.05, 4.69) is 10.6 Å². The maximum absolute atomic E-state index is 14.8. The van der Waals surface area contributed by atoms with Gasteiger partial charge in [-0.1, -0.05) is 26.0 Å². The summed E-state index contributed by atoms with van der Waals surface area (Å²) >= 11 is 0. The number of methoxy groups -OCH3 is 1. The van der Waals surface area contributed by atoms with Crippen LogP contribution in [-0.4, -0.2) is 32.1 Å². The second-order valence-corrected chi connectivity index (χ2v) is 7.76. The van der Waals surface area contributed by atoms with Gasteiger partial charge in [-0.05, 0) is 55.3 Å². The molecule has 190 valence electrons. The summed E-state index contributed by atoms with van der Waals surface area (Å²) in [5.74, 6) is -2.56. The number of halogens is 2. The predicted molar refractivity (Wildman–Crippen MR) is 133 cm³/mol. The Morgan fingerprint density at radius 1 is 0.750 bits per heavy atom. The van der Waals surface area contributed by atoms with Crippen molar-refractivity contribution in [1.82, 2.24) is 0 Å². The van der Waals surface area contributed by atoms with E-state index in [1.807, 2.05) is 13.8 Å². The number of ether oxygens (including phenoxy) is 3. The van der Waals surface area contributed by atoms with Crippen molar-refractivity contribution in [2.75, 3.05) is 31.0 Å². The molecule has 0 saturated carbocycles. The minimum atomic E-state index is -0.715. The molecule has 3 aromatic rings. The van der Waals surface area contributed by atoms with Crippen molar-refractivity contribution in [2.45, 2.75) is 26.7 Å². The zero-order valence-corrected chi connectivity index (χ0v) is 20.3. The number of carbonyl (C=O) groups excluding carboxylic acids is 2. The third-order valence-electron chi connectivity index (χ3n) is 5.05. The first-order valence-corrected chi connectivity index (χ1v) is 11.5. The van der Waals surface area contributed by atoms with E-state index in [-0.39, 0.29) is 39.8 Å². The first-order valence-electron chi connectivity index (χ1n) is 11.5. The maximum Gasteiger partial charge on any atom is 0.259 e. The second kappa shape index (κ2) is 12.5. The Morgan fingerprint density at radius 3 is 1.78 bits per heavy atom. The summed E-state index contributed by atoms with van der Waals surface area (Å²) in [6, 6.07) is 13.0. The molecular weight excluding hydrogens is 470 g/mol. The first-order chi connectivity index (χ1) is 17.4. The number of benzene rings is 3. The van der Waals surface area contributed by atoms with Crippen molar-refractivity contribution in [3.05, 3.63) is 77.4 Å². The van der Waals surface area contributed by atoms with Gasteiger partial charge in [0, 0.05) is 5.56 Å². The molecule has 7 nitrogen and oxygen atoms in total. The van der Waals surface area contributed by atoms with Gasteiger partial charge in [-0.25, -0.2) is 8.78 Å². The van der Waals surface area contributed by atoms with Crippen LogP contribution in [0.25, 0.3) is 0 Å². The molecule has 2 N–H and O–H groups in total. The van der Waals surface area contributed by atoms with Gasteiger partial charge in [0.25, 0.3) is 11.8 Å². The molecule has 0 atom stereocenters. The lowest BCUT2D eigenvalue weighted by Gasteiger charge is -2.14. The molecule has 0 aliphatic heterocycles. The number of hydrogen-bond acceptors (Lipinski definition) is 5. The van der Waals surface area contributed by atoms with Crippen molar-refractivity contribution in [2.24, 2.45) is 0 Å². The van der Waals surface area contributed by atoms with E-state index in [9.17, 15) is 18.4 Å². The van der Waals surface area contributed by atoms with Gasteiger partial charge >= 0.3 is 0 Å². The molecule has 0 heterocycles. The van der Waals surface area contributed by atoms with E-state index in [1.54, 1.807) is 12.1 Å². The third-order valence-corrected chi connectivity index (χ3v) is 5.05. The first kappa shape index (κ1) is 26.5. The van der Waals surface area contributed by atoms with Gasteiger partial charge in [-0.3, -0.25) is 9.59 Å². The van der Waals surface area contributed by atoms with Gasteiger partial charge in [0.15, 0.2) is 23.1 Å². The van der Waals surface area contributed by atoms with E-state index in [0.29, 0.717) is 26.1 Å². The van der Waals surface area contributed by atoms with E-state index >= 15 is 0 Å². The second-order valence-electron chi connectivity index (χ2n) is 7.76. The van der Waals surface area contributed by atoms with Crippen LogP contribution in [0.4, 0.5) is 20.2 Å². The Hall–Kier alpha value is -4.14. The van der Waals surface area contributed by atoms with E-state index < -0.39 is 23.4 Å². The van der Waals surface area contributed by atoms with Crippen LogP contribution < -0.4 is 24.8 Å². The summed E-state index contributed by atoms with van der Waals surface area (Å²) in [6.45, 7) is 4.45. The van der Waals surface area contributed by atoms with Crippen molar-refractivity contribution < 1.29 is 32.6 Å². The number of anilines is 2. The van der Waals surface area contributed by atoms with Gasteiger partial charge in [0.2, 0.25) is 0 Å². The zero-order chi connectivity index (χ0) is 26.1. The van der Waals surface area contributed by atoms with Gasteiger partial charge in [-0.2, -0.15) is 0 Å². The molecule has 3 rings (SSSR count). The molecule has 0 unspecified atom stereocenters. The quantitative estimate of drug-likeness (QED) is 0.336. The van der Waals surface area contributed by atoms with Crippen LogP contribution in [0.3, 0.4) is 0 Å². The van der Waals surface area contributed by atoms with Crippen molar-refractivity contribution in [1.29, 1.82) is 0 Å². The average molecular weight is 499 g/mol. The SMILES string of the molecule is CCCOc1cccc(NC(=O)c2ccc(OC)c(C(=O)Nc3cccc(OCCC)c3F)c2)c1F. The molecule has 0 aromatic heterocycles. The van der Waals surface area contributed by atoms with Crippen LogP contribution in [0.5, 0.6) is 17.2 Å². The summed E-state index contributed by atoms with van der Waals surface area (Å²) < 4.78 is 45.5. The lowest BCUT2D eigenvalue weighted by molar-refractivity contribution is 0.102. The lowest BCUT2D eigenvalue weighted by atomic mass is 10.1. The smallest absolute Gasteiger partial charge is 0.259 e. The summed E-state index contributed by atoms with van der Waals surface area (Å²) in [5, 5.41) is 4.98.